The molecule has 9 heteroatoms. The Hall–Kier alpha value is -1.64. The summed E-state index contributed by atoms with van der Waals surface area (Å²) < 4.78 is 0. The number of aromatic nitrogens is 2. The fourth-order valence-corrected chi connectivity index (χ4v) is 2.80. The highest BCUT2D eigenvalue weighted by atomic mass is 35.5. The lowest BCUT2D eigenvalue weighted by atomic mass is 10.2. The Bertz CT molecular complexity index is 664. The summed E-state index contributed by atoms with van der Waals surface area (Å²) in [7, 11) is 0. The molecule has 2 heterocycles. The van der Waals surface area contributed by atoms with Gasteiger partial charge < -0.3 is 10.4 Å². The van der Waals surface area contributed by atoms with Crippen molar-refractivity contribution in [2.45, 2.75) is 11.2 Å². The van der Waals surface area contributed by atoms with Crippen LogP contribution in [0.25, 0.3) is 0 Å². The van der Waals surface area contributed by atoms with Gasteiger partial charge in [-0.15, -0.1) is 11.3 Å². The van der Waals surface area contributed by atoms with Crippen LogP contribution in [-0.4, -0.2) is 33.2 Å². The van der Waals surface area contributed by atoms with Crippen LogP contribution in [0.5, 0.6) is 0 Å². The van der Waals surface area contributed by atoms with Gasteiger partial charge in [-0.05, 0) is 17.7 Å². The molecular formula is C12H10ClN3O3S2. The van der Waals surface area contributed by atoms with Gasteiger partial charge in [0.2, 0.25) is 0 Å². The van der Waals surface area contributed by atoms with Gasteiger partial charge in [0.25, 0.3) is 5.91 Å². The molecule has 0 bridgehead atoms. The van der Waals surface area contributed by atoms with E-state index in [9.17, 15) is 14.7 Å². The molecule has 110 valence electrons. The van der Waals surface area contributed by atoms with E-state index in [1.165, 1.54) is 29.3 Å². The van der Waals surface area contributed by atoms with Crippen molar-refractivity contribution in [3.8, 4) is 0 Å². The van der Waals surface area contributed by atoms with Crippen LogP contribution in [0.4, 0.5) is 0 Å². The lowest BCUT2D eigenvalue weighted by Gasteiger charge is -2.13. The highest BCUT2D eigenvalue weighted by molar-refractivity contribution is 7.98. The largest absolute Gasteiger partial charge is 0.479 e. The van der Waals surface area contributed by atoms with Gasteiger partial charge in [0, 0.05) is 4.88 Å². The van der Waals surface area contributed by atoms with Gasteiger partial charge in [0.15, 0.2) is 16.9 Å². The van der Waals surface area contributed by atoms with Crippen LogP contribution >= 0.6 is 34.7 Å². The molecular weight excluding hydrogens is 334 g/mol. The van der Waals surface area contributed by atoms with Crippen molar-refractivity contribution < 1.29 is 14.7 Å². The molecule has 0 aliphatic carbocycles. The predicted octanol–water partition coefficient (Wildman–Crippen LogP) is 2.47. The molecule has 0 saturated carbocycles. The Morgan fingerprint density at radius 2 is 2.29 bits per heavy atom. The number of thioether (sulfide) groups is 1. The number of carbonyl (C=O) groups excluding carboxylic acids is 1. The molecule has 0 radical (unpaired) electrons. The lowest BCUT2D eigenvalue weighted by molar-refractivity contribution is -0.139. The summed E-state index contributed by atoms with van der Waals surface area (Å²) in [6, 6.07) is 2.21. The van der Waals surface area contributed by atoms with E-state index in [0.29, 0.717) is 10.0 Å². The molecule has 0 aromatic carbocycles. The zero-order valence-corrected chi connectivity index (χ0v) is 13.1. The number of carboxylic acids is 1. The smallest absolute Gasteiger partial charge is 0.331 e. The number of nitrogens with one attached hydrogen (secondary N) is 1. The van der Waals surface area contributed by atoms with E-state index in [0.717, 1.165) is 0 Å². The average molecular weight is 344 g/mol. The molecule has 0 saturated heterocycles. The van der Waals surface area contributed by atoms with Crippen LogP contribution in [0.1, 0.15) is 21.4 Å². The van der Waals surface area contributed by atoms with Gasteiger partial charge in [-0.2, -0.15) is 0 Å². The van der Waals surface area contributed by atoms with Crippen LogP contribution < -0.4 is 5.32 Å². The second kappa shape index (κ2) is 6.88. The van der Waals surface area contributed by atoms with E-state index in [4.69, 9.17) is 11.6 Å². The maximum absolute atomic E-state index is 12.2. The van der Waals surface area contributed by atoms with E-state index in [1.807, 2.05) is 0 Å². The molecule has 0 spiro atoms. The summed E-state index contributed by atoms with van der Waals surface area (Å²) in [5.41, 5.74) is -0.0428. The maximum atomic E-state index is 12.2. The Kier molecular flexibility index (Phi) is 5.16. The summed E-state index contributed by atoms with van der Waals surface area (Å²) in [5, 5.41) is 13.8. The summed E-state index contributed by atoms with van der Waals surface area (Å²) >= 11 is 8.40. The third kappa shape index (κ3) is 3.72. The van der Waals surface area contributed by atoms with Crippen LogP contribution in [-0.2, 0) is 4.79 Å². The van der Waals surface area contributed by atoms with Crippen molar-refractivity contribution in [1.82, 2.24) is 15.3 Å². The quantitative estimate of drug-likeness (QED) is 0.640. The average Bonchev–Trinajstić information content (AvgIpc) is 2.98. The molecule has 0 fully saturated rings. The van der Waals surface area contributed by atoms with E-state index in [1.54, 1.807) is 23.8 Å². The first-order valence-corrected chi connectivity index (χ1v) is 8.14. The number of amides is 1. The summed E-state index contributed by atoms with van der Waals surface area (Å²) in [5.74, 6) is -1.81. The molecule has 2 N–H and O–H groups in total. The summed E-state index contributed by atoms with van der Waals surface area (Å²) in [6.45, 7) is 0. The number of rotatable bonds is 5. The number of carboxylic acid groups (broad SMARTS) is 1. The first kappa shape index (κ1) is 15.7. The van der Waals surface area contributed by atoms with E-state index in [2.05, 4.69) is 15.3 Å². The minimum atomic E-state index is -1.15. The highest BCUT2D eigenvalue weighted by Crippen LogP contribution is 2.21. The Balaban J connectivity index is 2.25. The summed E-state index contributed by atoms with van der Waals surface area (Å²) in [4.78, 5) is 31.9. The normalized spacial score (nSPS) is 11.9. The minimum Gasteiger partial charge on any atom is -0.479 e. The van der Waals surface area contributed by atoms with Gasteiger partial charge in [0.05, 0.1) is 11.2 Å². The minimum absolute atomic E-state index is 0.0428. The maximum Gasteiger partial charge on any atom is 0.331 e. The van der Waals surface area contributed by atoms with Gasteiger partial charge in [0.1, 0.15) is 0 Å². The third-order valence-electron chi connectivity index (χ3n) is 2.47. The SMILES string of the molecule is CSc1ncc(Cl)c(C(=O)NC(C(=O)O)c2cccs2)n1. The topological polar surface area (TPSA) is 92.2 Å². The molecule has 0 aliphatic rings. The number of halogens is 1. The summed E-state index contributed by atoms with van der Waals surface area (Å²) in [6.07, 6.45) is 3.08. The van der Waals surface area contributed by atoms with Crippen LogP contribution in [0, 0.1) is 0 Å². The fraction of sp³-hybridized carbons (Fsp3) is 0.167. The highest BCUT2D eigenvalue weighted by Gasteiger charge is 2.25. The fourth-order valence-electron chi connectivity index (χ4n) is 1.52. The monoisotopic (exact) mass is 343 g/mol. The zero-order chi connectivity index (χ0) is 15.4. The standard InChI is InChI=1S/C12H10ClN3O3S2/c1-20-12-14-5-6(13)8(16-12)10(17)15-9(11(18)19)7-3-2-4-21-7/h2-5,9H,1H3,(H,15,17)(H,18,19). The molecule has 1 unspecified atom stereocenters. The molecule has 1 atom stereocenters. The lowest BCUT2D eigenvalue weighted by Crippen LogP contribution is -2.34. The zero-order valence-electron chi connectivity index (χ0n) is 10.7. The van der Waals surface area contributed by atoms with Crippen LogP contribution in [0.3, 0.4) is 0 Å². The first-order valence-electron chi connectivity index (χ1n) is 5.66. The third-order valence-corrected chi connectivity index (χ3v) is 4.25. The van der Waals surface area contributed by atoms with E-state index < -0.39 is 17.9 Å². The number of hydrogen-bond donors (Lipinski definition) is 2. The predicted molar refractivity (Wildman–Crippen MR) is 81.0 cm³/mol. The first-order chi connectivity index (χ1) is 10.0. The molecule has 2 aromatic heterocycles. The number of hydrogen-bond acceptors (Lipinski definition) is 6. The number of aliphatic carboxylic acids is 1. The van der Waals surface area contributed by atoms with Crippen molar-refractivity contribution >= 4 is 46.6 Å². The molecule has 21 heavy (non-hydrogen) atoms. The number of thiophene rings is 1. The van der Waals surface area contributed by atoms with Crippen LogP contribution in [0.15, 0.2) is 28.9 Å². The second-order valence-electron chi connectivity index (χ2n) is 3.81. The number of carbonyl (C=O) groups is 2. The molecule has 2 aromatic rings. The van der Waals surface area contributed by atoms with Gasteiger partial charge in [-0.1, -0.05) is 29.4 Å². The van der Waals surface area contributed by atoms with Crippen molar-refractivity contribution in [2.24, 2.45) is 0 Å². The van der Waals surface area contributed by atoms with Crippen molar-refractivity contribution in [3.05, 3.63) is 39.3 Å². The Morgan fingerprint density at radius 3 is 2.86 bits per heavy atom. The van der Waals surface area contributed by atoms with Crippen molar-refractivity contribution in [3.63, 3.8) is 0 Å². The number of nitrogens with zero attached hydrogens (tertiary/aromatic N) is 2. The Morgan fingerprint density at radius 1 is 1.52 bits per heavy atom. The van der Waals surface area contributed by atoms with Gasteiger partial charge in [-0.25, -0.2) is 14.8 Å². The van der Waals surface area contributed by atoms with E-state index in [-0.39, 0.29) is 10.7 Å². The Labute approximate surface area is 133 Å². The molecule has 2 rings (SSSR count). The van der Waals surface area contributed by atoms with Crippen LogP contribution in [0.2, 0.25) is 5.02 Å². The van der Waals surface area contributed by atoms with Gasteiger partial charge in [-0.3, -0.25) is 4.79 Å². The molecule has 6 nitrogen and oxygen atoms in total. The molecule has 0 aliphatic heterocycles. The van der Waals surface area contributed by atoms with E-state index >= 15 is 0 Å². The molecule has 1 amide bonds. The van der Waals surface area contributed by atoms with Crippen molar-refractivity contribution in [2.75, 3.05) is 6.26 Å². The van der Waals surface area contributed by atoms with Gasteiger partial charge >= 0.3 is 5.97 Å². The van der Waals surface area contributed by atoms with Crippen molar-refractivity contribution in [1.29, 1.82) is 0 Å². The second-order valence-corrected chi connectivity index (χ2v) is 5.97.